The first-order valence-electron chi connectivity index (χ1n) is 18.7. The lowest BCUT2D eigenvalue weighted by molar-refractivity contribution is -0.139. The second kappa shape index (κ2) is 21.8. The van der Waals surface area contributed by atoms with Crippen LogP contribution in [0.1, 0.15) is 162 Å². The van der Waals surface area contributed by atoms with Crippen LogP contribution in [0.5, 0.6) is 0 Å². The first-order valence-corrected chi connectivity index (χ1v) is 18.7. The number of aliphatic hydroxyl groups excluding tert-OH is 4. The normalized spacial score (nSPS) is 27.8. The Hall–Kier alpha value is -1.03. The Kier molecular flexibility index (Phi) is 18.6. The molecule has 3 aliphatic heterocycles. The van der Waals surface area contributed by atoms with Gasteiger partial charge in [-0.15, -0.1) is 0 Å². The molecular weight excluding hydrogens is 572 g/mol. The number of esters is 1. The molecule has 3 aliphatic rings. The van der Waals surface area contributed by atoms with Gasteiger partial charge in [-0.2, -0.15) is 0 Å². The molecule has 2 fully saturated rings. The number of ether oxygens (including phenoxy) is 3. The van der Waals surface area contributed by atoms with Crippen LogP contribution in [0, 0.1) is 0 Å². The van der Waals surface area contributed by atoms with Crippen molar-refractivity contribution in [3.63, 3.8) is 0 Å². The highest BCUT2D eigenvalue weighted by molar-refractivity contribution is 5.90. The smallest absolute Gasteiger partial charge is 0.334 e. The number of carbonyl (C=O) groups excluding carboxylic acids is 1. The number of rotatable bonds is 25. The summed E-state index contributed by atoms with van der Waals surface area (Å²) in [7, 11) is 0. The molecule has 8 nitrogen and oxygen atoms in total. The monoisotopic (exact) mass is 638 g/mol. The maximum Gasteiger partial charge on any atom is 0.334 e. The summed E-state index contributed by atoms with van der Waals surface area (Å²) in [4.78, 5) is 11.7. The van der Waals surface area contributed by atoms with Crippen molar-refractivity contribution >= 4 is 5.97 Å². The van der Waals surface area contributed by atoms with Crippen molar-refractivity contribution in [2.45, 2.75) is 216 Å². The van der Waals surface area contributed by atoms with E-state index in [0.29, 0.717) is 24.8 Å². The largest absolute Gasteiger partial charge is 0.455 e. The summed E-state index contributed by atoms with van der Waals surface area (Å²) in [5, 5.41) is 42.3. The Morgan fingerprint density at radius 2 is 1.20 bits per heavy atom. The van der Waals surface area contributed by atoms with Gasteiger partial charge in [-0.3, -0.25) is 0 Å². The van der Waals surface area contributed by atoms with Gasteiger partial charge in [0.05, 0.1) is 42.7 Å². The minimum atomic E-state index is -0.878. The van der Waals surface area contributed by atoms with E-state index in [1.54, 1.807) is 6.08 Å². The van der Waals surface area contributed by atoms with E-state index in [9.17, 15) is 25.2 Å². The van der Waals surface area contributed by atoms with Gasteiger partial charge in [-0.25, -0.2) is 4.79 Å². The Morgan fingerprint density at radius 3 is 1.78 bits per heavy atom. The number of unbranched alkanes of at least 4 members (excludes halogenated alkanes) is 13. The van der Waals surface area contributed by atoms with Gasteiger partial charge in [0.15, 0.2) is 0 Å². The molecule has 4 N–H and O–H groups in total. The standard InChI is InChI=1S/C37H66O8/c1-3-4-5-6-7-10-13-16-19-30(39)32-21-22-33(44-32)34-23-24-35(45-34)36(41)31(40)20-17-14-11-8-9-12-15-18-29(38)26-28-25-27(2)43-37(28)42/h25,27,29-36,38-41H,3-24,26H2,1-2H3. The zero-order chi connectivity index (χ0) is 32.4. The van der Waals surface area contributed by atoms with Gasteiger partial charge in [0, 0.05) is 12.0 Å². The van der Waals surface area contributed by atoms with E-state index in [0.717, 1.165) is 83.5 Å². The third-order valence-electron chi connectivity index (χ3n) is 10.1. The van der Waals surface area contributed by atoms with E-state index in [2.05, 4.69) is 6.92 Å². The molecule has 0 radical (unpaired) electrons. The SMILES string of the molecule is CCCCCCCCCCC(O)C1CCC(C2CCC(C(O)C(O)CCCCCCCCCC(O)CC3=CC(C)OC3=O)O2)O1. The van der Waals surface area contributed by atoms with Gasteiger partial charge < -0.3 is 34.6 Å². The van der Waals surface area contributed by atoms with Crippen molar-refractivity contribution < 1.29 is 39.4 Å². The molecule has 9 unspecified atom stereocenters. The Bertz CT molecular complexity index is 833. The number of aliphatic hydroxyl groups is 4. The zero-order valence-corrected chi connectivity index (χ0v) is 28.5. The first kappa shape index (κ1) is 38.4. The van der Waals surface area contributed by atoms with Crippen molar-refractivity contribution in [2.75, 3.05) is 0 Å². The highest BCUT2D eigenvalue weighted by atomic mass is 16.6. The zero-order valence-electron chi connectivity index (χ0n) is 28.5. The van der Waals surface area contributed by atoms with E-state index in [1.165, 1.54) is 44.9 Å². The quantitative estimate of drug-likeness (QED) is 0.0634. The molecule has 0 aromatic rings. The minimum Gasteiger partial charge on any atom is -0.455 e. The Balaban J connectivity index is 1.16. The maximum absolute atomic E-state index is 11.7. The summed E-state index contributed by atoms with van der Waals surface area (Å²) in [6.45, 7) is 4.07. The Morgan fingerprint density at radius 1 is 0.689 bits per heavy atom. The summed E-state index contributed by atoms with van der Waals surface area (Å²) in [6, 6.07) is 0. The van der Waals surface area contributed by atoms with Gasteiger partial charge >= 0.3 is 5.97 Å². The van der Waals surface area contributed by atoms with Crippen LogP contribution in [0.4, 0.5) is 0 Å². The summed E-state index contributed by atoms with van der Waals surface area (Å²) in [5.74, 6) is -0.299. The third-order valence-corrected chi connectivity index (χ3v) is 10.1. The fourth-order valence-corrected chi connectivity index (χ4v) is 7.31. The lowest BCUT2D eigenvalue weighted by Gasteiger charge is -2.26. The van der Waals surface area contributed by atoms with Crippen LogP contribution in [0.15, 0.2) is 11.6 Å². The molecule has 0 aliphatic carbocycles. The summed E-state index contributed by atoms with van der Waals surface area (Å²) in [6.07, 6.45) is 21.5. The number of hydrogen-bond donors (Lipinski definition) is 4. The van der Waals surface area contributed by atoms with E-state index >= 15 is 0 Å². The molecule has 3 heterocycles. The fourth-order valence-electron chi connectivity index (χ4n) is 7.31. The minimum absolute atomic E-state index is 0.0341. The molecule has 0 saturated carbocycles. The van der Waals surface area contributed by atoms with Crippen LogP contribution in [-0.2, 0) is 19.0 Å². The second-order valence-electron chi connectivity index (χ2n) is 14.2. The molecule has 0 spiro atoms. The first-order chi connectivity index (χ1) is 21.8. The predicted molar refractivity (Wildman–Crippen MR) is 177 cm³/mol. The number of hydrogen-bond acceptors (Lipinski definition) is 8. The lowest BCUT2D eigenvalue weighted by Crippen LogP contribution is -2.39. The molecule has 262 valence electrons. The van der Waals surface area contributed by atoms with Gasteiger partial charge in [-0.1, -0.05) is 103 Å². The second-order valence-corrected chi connectivity index (χ2v) is 14.2. The Labute approximate surface area is 273 Å². The molecule has 0 aromatic heterocycles. The van der Waals surface area contributed by atoms with E-state index in [4.69, 9.17) is 14.2 Å². The van der Waals surface area contributed by atoms with Gasteiger partial charge in [-0.05, 0) is 57.9 Å². The van der Waals surface area contributed by atoms with Crippen LogP contribution in [0.2, 0.25) is 0 Å². The molecule has 45 heavy (non-hydrogen) atoms. The van der Waals surface area contributed by atoms with Crippen molar-refractivity contribution in [3.8, 4) is 0 Å². The topological polar surface area (TPSA) is 126 Å². The van der Waals surface area contributed by atoms with E-state index in [1.807, 2.05) is 6.92 Å². The summed E-state index contributed by atoms with van der Waals surface area (Å²) in [5.41, 5.74) is 0.595. The molecule has 2 saturated heterocycles. The van der Waals surface area contributed by atoms with Crippen LogP contribution in [0.3, 0.4) is 0 Å². The highest BCUT2D eigenvalue weighted by Gasteiger charge is 2.42. The molecule has 9 atom stereocenters. The molecule has 0 aromatic carbocycles. The van der Waals surface area contributed by atoms with Crippen LogP contribution < -0.4 is 0 Å². The van der Waals surface area contributed by atoms with Crippen LogP contribution >= 0.6 is 0 Å². The summed E-state index contributed by atoms with van der Waals surface area (Å²) >= 11 is 0. The highest BCUT2D eigenvalue weighted by Crippen LogP contribution is 2.35. The molecule has 3 rings (SSSR count). The molecular formula is C37H66O8. The van der Waals surface area contributed by atoms with Crippen LogP contribution in [0.25, 0.3) is 0 Å². The van der Waals surface area contributed by atoms with Gasteiger partial charge in [0.1, 0.15) is 12.2 Å². The molecule has 8 heteroatoms. The van der Waals surface area contributed by atoms with Crippen molar-refractivity contribution in [2.24, 2.45) is 0 Å². The lowest BCUT2D eigenvalue weighted by atomic mass is 9.98. The van der Waals surface area contributed by atoms with Crippen molar-refractivity contribution in [3.05, 3.63) is 11.6 Å². The third kappa shape index (κ3) is 14.3. The van der Waals surface area contributed by atoms with Crippen molar-refractivity contribution in [1.82, 2.24) is 0 Å². The summed E-state index contributed by atoms with van der Waals surface area (Å²) < 4.78 is 17.5. The fraction of sp³-hybridized carbons (Fsp3) is 0.919. The number of cyclic esters (lactones) is 1. The number of carbonyl (C=O) groups is 1. The van der Waals surface area contributed by atoms with Gasteiger partial charge in [0.2, 0.25) is 0 Å². The van der Waals surface area contributed by atoms with Gasteiger partial charge in [0.25, 0.3) is 0 Å². The van der Waals surface area contributed by atoms with E-state index in [-0.39, 0.29) is 36.5 Å². The van der Waals surface area contributed by atoms with Crippen molar-refractivity contribution in [1.29, 1.82) is 0 Å². The molecule has 0 amide bonds. The van der Waals surface area contributed by atoms with E-state index < -0.39 is 24.4 Å². The molecule has 0 bridgehead atoms. The average Bonchev–Trinajstić information content (AvgIpc) is 3.77. The average molecular weight is 639 g/mol. The predicted octanol–water partition coefficient (Wildman–Crippen LogP) is 6.83. The van der Waals surface area contributed by atoms with Crippen LogP contribution in [-0.4, -0.2) is 81.3 Å². The maximum atomic E-state index is 11.7.